The smallest absolute Gasteiger partial charge is 0.237 e. The molecular formula is C14H20ClNO2. The lowest BCUT2D eigenvalue weighted by Crippen LogP contribution is -2.31. The highest BCUT2D eigenvalue weighted by Gasteiger charge is 2.19. The number of aryl methyl sites for hydroxylation is 2. The molecule has 3 nitrogen and oxygen atoms in total. The molecule has 1 N–H and O–H groups in total. The maximum absolute atomic E-state index is 11.4. The molecule has 1 atom stereocenters. The Kier molecular flexibility index (Phi) is 6.16. The third-order valence-electron chi connectivity index (χ3n) is 2.96. The van der Waals surface area contributed by atoms with Crippen LogP contribution in [-0.2, 0) is 22.4 Å². The molecule has 4 heteroatoms. The molecule has 1 aromatic carbocycles. The number of nitrogens with one attached hydrogen (secondary N) is 1. The molecule has 0 radical (unpaired) electrons. The van der Waals surface area contributed by atoms with E-state index in [1.807, 2.05) is 6.07 Å². The topological polar surface area (TPSA) is 38.3 Å². The first-order valence-corrected chi connectivity index (χ1v) is 6.70. The van der Waals surface area contributed by atoms with Crippen LogP contribution in [0.25, 0.3) is 0 Å². The Balaban J connectivity index is 3.13. The Morgan fingerprint density at radius 1 is 1.33 bits per heavy atom. The Labute approximate surface area is 113 Å². The van der Waals surface area contributed by atoms with Gasteiger partial charge < -0.3 is 10.1 Å². The van der Waals surface area contributed by atoms with Crippen LogP contribution >= 0.6 is 11.6 Å². The van der Waals surface area contributed by atoms with Crippen LogP contribution in [0.1, 0.15) is 36.8 Å². The van der Waals surface area contributed by atoms with E-state index in [1.54, 1.807) is 7.11 Å². The van der Waals surface area contributed by atoms with E-state index < -0.39 is 6.23 Å². The quantitative estimate of drug-likeness (QED) is 0.637. The molecule has 0 saturated carbocycles. The lowest BCUT2D eigenvalue weighted by molar-refractivity contribution is -0.122. The van der Waals surface area contributed by atoms with E-state index in [-0.39, 0.29) is 11.8 Å². The van der Waals surface area contributed by atoms with Crippen molar-refractivity contribution in [2.45, 2.75) is 32.9 Å². The summed E-state index contributed by atoms with van der Waals surface area (Å²) < 4.78 is 5.40. The largest absolute Gasteiger partial charge is 0.357 e. The molecule has 0 heterocycles. The Morgan fingerprint density at radius 2 is 1.89 bits per heavy atom. The Morgan fingerprint density at radius 3 is 2.28 bits per heavy atom. The number of hydrogen-bond acceptors (Lipinski definition) is 2. The fourth-order valence-electron chi connectivity index (χ4n) is 2.05. The van der Waals surface area contributed by atoms with Crippen LogP contribution in [0.2, 0.25) is 0 Å². The number of methoxy groups -OCH3 is 1. The van der Waals surface area contributed by atoms with Crippen LogP contribution in [0.5, 0.6) is 0 Å². The Bertz CT molecular complexity index is 385. The summed E-state index contributed by atoms with van der Waals surface area (Å²) in [4.78, 5) is 11.4. The van der Waals surface area contributed by atoms with Crippen LogP contribution in [0.15, 0.2) is 18.2 Å². The van der Waals surface area contributed by atoms with E-state index in [1.165, 1.54) is 11.1 Å². The fourth-order valence-corrected chi connectivity index (χ4v) is 2.13. The van der Waals surface area contributed by atoms with Crippen molar-refractivity contribution in [2.24, 2.45) is 0 Å². The molecule has 0 aliphatic heterocycles. The molecule has 1 rings (SSSR count). The summed E-state index contributed by atoms with van der Waals surface area (Å²) in [6.45, 7) is 4.18. The van der Waals surface area contributed by atoms with Crippen molar-refractivity contribution < 1.29 is 9.53 Å². The van der Waals surface area contributed by atoms with Crippen molar-refractivity contribution >= 4 is 17.5 Å². The third kappa shape index (κ3) is 3.47. The van der Waals surface area contributed by atoms with Gasteiger partial charge in [0.25, 0.3) is 0 Å². The minimum Gasteiger partial charge on any atom is -0.357 e. The maximum atomic E-state index is 11.4. The summed E-state index contributed by atoms with van der Waals surface area (Å²) >= 11 is 5.52. The molecule has 1 unspecified atom stereocenters. The number of amides is 1. The van der Waals surface area contributed by atoms with Gasteiger partial charge >= 0.3 is 0 Å². The van der Waals surface area contributed by atoms with Crippen LogP contribution < -0.4 is 5.32 Å². The summed E-state index contributed by atoms with van der Waals surface area (Å²) in [5, 5.41) is 2.79. The van der Waals surface area contributed by atoms with Crippen LogP contribution in [0.4, 0.5) is 0 Å². The predicted octanol–water partition coefficient (Wildman–Crippen LogP) is 2.81. The number of hydrogen-bond donors (Lipinski definition) is 1. The highest BCUT2D eigenvalue weighted by atomic mass is 35.5. The standard InChI is InChI=1S/C14H20ClNO2/c1-4-10-7-6-8-11(5-2)13(10)14(18-3)16-12(17)9-15/h6-8,14H,4-5,9H2,1-3H3,(H,16,17). The zero-order valence-electron chi connectivity index (χ0n) is 11.1. The van der Waals surface area contributed by atoms with Gasteiger partial charge in [-0.3, -0.25) is 4.79 Å². The summed E-state index contributed by atoms with van der Waals surface area (Å²) in [5.74, 6) is -0.285. The van der Waals surface area contributed by atoms with Crippen LogP contribution in [-0.4, -0.2) is 18.9 Å². The number of carbonyl (C=O) groups is 1. The molecule has 0 aromatic heterocycles. The monoisotopic (exact) mass is 269 g/mol. The second-order valence-corrected chi connectivity index (χ2v) is 4.28. The molecule has 0 spiro atoms. The molecule has 18 heavy (non-hydrogen) atoms. The van der Waals surface area contributed by atoms with Gasteiger partial charge in [-0.2, -0.15) is 0 Å². The van der Waals surface area contributed by atoms with Gasteiger partial charge in [-0.25, -0.2) is 0 Å². The number of ether oxygens (including phenoxy) is 1. The first-order chi connectivity index (χ1) is 8.67. The molecule has 1 amide bonds. The normalized spacial score (nSPS) is 12.2. The summed E-state index contributed by atoms with van der Waals surface area (Å²) in [6.07, 6.45) is 1.38. The lowest BCUT2D eigenvalue weighted by atomic mass is 9.96. The van der Waals surface area contributed by atoms with E-state index in [9.17, 15) is 4.79 Å². The fraction of sp³-hybridized carbons (Fsp3) is 0.500. The second-order valence-electron chi connectivity index (χ2n) is 4.01. The number of carbonyl (C=O) groups excluding carboxylic acids is 1. The molecule has 0 saturated heterocycles. The van der Waals surface area contributed by atoms with Crippen molar-refractivity contribution in [3.8, 4) is 0 Å². The summed E-state index contributed by atoms with van der Waals surface area (Å²) in [7, 11) is 1.59. The van der Waals surface area contributed by atoms with Gasteiger partial charge in [-0.05, 0) is 24.0 Å². The molecule has 0 aliphatic rings. The number of alkyl halides is 1. The van der Waals surface area contributed by atoms with Gasteiger partial charge in [0, 0.05) is 12.7 Å². The molecular weight excluding hydrogens is 250 g/mol. The summed E-state index contributed by atoms with van der Waals surface area (Å²) in [5.41, 5.74) is 3.44. The third-order valence-corrected chi connectivity index (χ3v) is 3.20. The number of rotatable bonds is 6. The van der Waals surface area contributed by atoms with Crippen LogP contribution in [0, 0.1) is 0 Å². The van der Waals surface area contributed by atoms with Gasteiger partial charge in [-0.15, -0.1) is 11.6 Å². The minimum atomic E-state index is -0.428. The van der Waals surface area contributed by atoms with Gasteiger partial charge in [0.05, 0.1) is 0 Å². The zero-order valence-corrected chi connectivity index (χ0v) is 11.9. The van der Waals surface area contributed by atoms with Crippen molar-refractivity contribution in [1.29, 1.82) is 0 Å². The van der Waals surface area contributed by atoms with Crippen molar-refractivity contribution in [2.75, 3.05) is 13.0 Å². The second kappa shape index (κ2) is 7.39. The molecule has 100 valence electrons. The predicted molar refractivity (Wildman–Crippen MR) is 73.8 cm³/mol. The van der Waals surface area contributed by atoms with E-state index >= 15 is 0 Å². The average Bonchev–Trinajstić information content (AvgIpc) is 2.43. The number of benzene rings is 1. The van der Waals surface area contributed by atoms with E-state index in [0.29, 0.717) is 0 Å². The van der Waals surface area contributed by atoms with E-state index in [4.69, 9.17) is 16.3 Å². The highest BCUT2D eigenvalue weighted by Crippen LogP contribution is 2.24. The SMILES string of the molecule is CCc1cccc(CC)c1C(NC(=O)CCl)OC. The highest BCUT2D eigenvalue weighted by molar-refractivity contribution is 6.27. The van der Waals surface area contributed by atoms with Crippen molar-refractivity contribution in [1.82, 2.24) is 5.32 Å². The van der Waals surface area contributed by atoms with E-state index in [0.717, 1.165) is 18.4 Å². The van der Waals surface area contributed by atoms with Crippen LogP contribution in [0.3, 0.4) is 0 Å². The van der Waals surface area contributed by atoms with Gasteiger partial charge in [0.15, 0.2) is 6.23 Å². The van der Waals surface area contributed by atoms with Gasteiger partial charge in [-0.1, -0.05) is 32.0 Å². The van der Waals surface area contributed by atoms with Gasteiger partial charge in [0.2, 0.25) is 5.91 Å². The molecule has 0 bridgehead atoms. The minimum absolute atomic E-state index is 0.0599. The average molecular weight is 270 g/mol. The lowest BCUT2D eigenvalue weighted by Gasteiger charge is -2.22. The zero-order chi connectivity index (χ0) is 13.5. The van der Waals surface area contributed by atoms with Crippen molar-refractivity contribution in [3.05, 3.63) is 34.9 Å². The first kappa shape index (κ1) is 15.0. The van der Waals surface area contributed by atoms with E-state index in [2.05, 4.69) is 31.3 Å². The maximum Gasteiger partial charge on any atom is 0.237 e. The first-order valence-electron chi connectivity index (χ1n) is 6.16. The molecule has 1 aromatic rings. The van der Waals surface area contributed by atoms with Crippen molar-refractivity contribution in [3.63, 3.8) is 0 Å². The molecule has 0 aliphatic carbocycles. The Hall–Kier alpha value is -1.06. The van der Waals surface area contributed by atoms with Gasteiger partial charge in [0.1, 0.15) is 5.88 Å². The number of halogens is 1. The molecule has 0 fully saturated rings. The summed E-state index contributed by atoms with van der Waals surface area (Å²) in [6, 6.07) is 6.16.